The number of carbonyl (C=O) groups is 4. The Morgan fingerprint density at radius 1 is 0.865 bits per heavy atom. The number of ether oxygens (including phenoxy) is 2. The molecular formula is C42H45N3O7. The van der Waals surface area contributed by atoms with Crippen molar-refractivity contribution in [3.05, 3.63) is 132 Å². The number of amides is 3. The second kappa shape index (κ2) is 14.9. The molecule has 0 aromatic heterocycles. The Kier molecular flexibility index (Phi) is 10.1. The molecule has 4 aliphatic heterocycles. The number of hydrogen-bond acceptors (Lipinski definition) is 7. The minimum Gasteiger partial charge on any atom is -0.455 e. The zero-order valence-electron chi connectivity index (χ0n) is 29.5. The van der Waals surface area contributed by atoms with E-state index in [1.807, 2.05) is 110 Å². The van der Waals surface area contributed by atoms with Crippen LogP contribution in [0.4, 0.5) is 0 Å². The van der Waals surface area contributed by atoms with Crippen molar-refractivity contribution in [2.45, 2.75) is 68.7 Å². The van der Waals surface area contributed by atoms with Crippen molar-refractivity contribution >= 4 is 23.7 Å². The second-order valence-electron chi connectivity index (χ2n) is 14.2. The Labute approximate surface area is 304 Å². The molecule has 270 valence electrons. The maximum absolute atomic E-state index is 15.1. The number of carbonyl (C=O) groups excluding carboxylic acids is 4. The molecule has 3 aromatic rings. The molecule has 3 amide bonds. The van der Waals surface area contributed by atoms with E-state index in [4.69, 9.17) is 9.47 Å². The monoisotopic (exact) mass is 703 g/mol. The van der Waals surface area contributed by atoms with E-state index in [1.54, 1.807) is 29.0 Å². The van der Waals surface area contributed by atoms with E-state index in [2.05, 4.69) is 0 Å². The normalized spacial score (nSPS) is 30.4. The Balaban J connectivity index is 1.33. The molecule has 10 nitrogen and oxygen atoms in total. The summed E-state index contributed by atoms with van der Waals surface area (Å²) < 4.78 is 13.0. The minimum absolute atomic E-state index is 0.112. The number of likely N-dealkylation sites (tertiary alicyclic amines) is 1. The van der Waals surface area contributed by atoms with Crippen LogP contribution in [0, 0.1) is 11.8 Å². The van der Waals surface area contributed by atoms with Gasteiger partial charge in [-0.25, -0.2) is 0 Å². The molecule has 8 atom stereocenters. The molecule has 52 heavy (non-hydrogen) atoms. The fourth-order valence-corrected chi connectivity index (χ4v) is 8.32. The summed E-state index contributed by atoms with van der Waals surface area (Å²) in [5.74, 6) is -3.66. The van der Waals surface area contributed by atoms with Gasteiger partial charge in [-0.05, 0) is 36.5 Å². The number of aliphatic hydroxyl groups excluding tert-OH is 1. The molecular weight excluding hydrogens is 658 g/mol. The first-order chi connectivity index (χ1) is 25.2. The van der Waals surface area contributed by atoms with Crippen molar-refractivity contribution in [1.29, 1.82) is 0 Å². The van der Waals surface area contributed by atoms with Crippen LogP contribution in [0.15, 0.2) is 115 Å². The van der Waals surface area contributed by atoms with E-state index in [-0.39, 0.29) is 31.3 Å². The highest BCUT2D eigenvalue weighted by Gasteiger charge is 2.74. The Morgan fingerprint density at radius 3 is 2.19 bits per heavy atom. The molecule has 1 N–H and O–H groups in total. The number of aliphatic hydroxyl groups is 1. The maximum atomic E-state index is 15.1. The van der Waals surface area contributed by atoms with Gasteiger partial charge in [0.05, 0.1) is 30.7 Å². The van der Waals surface area contributed by atoms with Gasteiger partial charge in [-0.15, -0.1) is 0 Å². The topological polar surface area (TPSA) is 117 Å². The average molecular weight is 704 g/mol. The van der Waals surface area contributed by atoms with Crippen molar-refractivity contribution in [2.75, 3.05) is 20.2 Å². The lowest BCUT2D eigenvalue weighted by atomic mass is 9.74. The molecule has 10 heteroatoms. The molecule has 2 fully saturated rings. The molecule has 7 rings (SSSR count). The van der Waals surface area contributed by atoms with Crippen LogP contribution in [0.5, 0.6) is 0 Å². The quantitative estimate of drug-likeness (QED) is 0.289. The first-order valence-corrected chi connectivity index (χ1v) is 18.1. The lowest BCUT2D eigenvalue weighted by Crippen LogP contribution is -2.58. The molecule has 0 aliphatic carbocycles. The van der Waals surface area contributed by atoms with Gasteiger partial charge in [-0.2, -0.15) is 0 Å². The van der Waals surface area contributed by atoms with Gasteiger partial charge >= 0.3 is 5.97 Å². The predicted molar refractivity (Wildman–Crippen MR) is 193 cm³/mol. The van der Waals surface area contributed by atoms with Gasteiger partial charge in [0.2, 0.25) is 17.7 Å². The SMILES string of the molecule is C[C@H]1[C@H](c2ccccc2)OC(=O)[C@@H]2[C@H]3C(=O)N([C@@H](CO)Cc4ccccc4)[C@H](C(=O)N(Cc4ccccc4)C/C=C\CCC(=O)N1C)[C@]31C=C[C@H]2O1. The number of fused-ring (bicyclic) bond motifs is 2. The highest BCUT2D eigenvalue weighted by atomic mass is 16.6. The van der Waals surface area contributed by atoms with Crippen LogP contribution in [-0.2, 0) is 41.6 Å². The first-order valence-electron chi connectivity index (χ1n) is 18.1. The summed E-state index contributed by atoms with van der Waals surface area (Å²) in [6, 6.07) is 25.9. The number of hydrogen-bond donors (Lipinski definition) is 1. The molecule has 0 unspecified atom stereocenters. The molecule has 0 radical (unpaired) electrons. The van der Waals surface area contributed by atoms with Gasteiger partial charge in [0.15, 0.2) is 0 Å². The molecule has 3 aromatic carbocycles. The van der Waals surface area contributed by atoms with Crippen LogP contribution >= 0.6 is 0 Å². The van der Waals surface area contributed by atoms with Crippen molar-refractivity contribution in [3.8, 4) is 0 Å². The zero-order chi connectivity index (χ0) is 36.4. The summed E-state index contributed by atoms with van der Waals surface area (Å²) in [5, 5.41) is 10.9. The fraction of sp³-hybridized carbons (Fsp3) is 0.381. The Morgan fingerprint density at radius 2 is 1.52 bits per heavy atom. The summed E-state index contributed by atoms with van der Waals surface area (Å²) in [7, 11) is 1.71. The van der Waals surface area contributed by atoms with Crippen molar-refractivity contribution in [1.82, 2.24) is 14.7 Å². The minimum atomic E-state index is -1.46. The predicted octanol–water partition coefficient (Wildman–Crippen LogP) is 4.25. The highest BCUT2D eigenvalue weighted by Crippen LogP contribution is 2.56. The second-order valence-corrected chi connectivity index (χ2v) is 14.2. The van der Waals surface area contributed by atoms with E-state index < -0.39 is 66.3 Å². The van der Waals surface area contributed by atoms with Gasteiger partial charge in [0, 0.05) is 26.6 Å². The third-order valence-corrected chi connectivity index (χ3v) is 11.1. The first kappa shape index (κ1) is 35.3. The van der Waals surface area contributed by atoms with Crippen molar-refractivity contribution in [3.63, 3.8) is 0 Å². The Hall–Kier alpha value is -5.06. The number of cyclic esters (lactones) is 1. The number of likely N-dealkylation sites (N-methyl/N-ethyl adjacent to an activating group) is 1. The standard InChI is InChI=1S/C42H45N3O7/c1-28-37(31-19-11-5-12-20-31)51-41(50)35-33-22-23-42(52-33)36(35)39(48)45(32(27-46)25-29-15-7-3-8-16-29)38(42)40(49)44(26-30-17-9-4-10-18-30)24-14-6-13-21-34(47)43(28)2/h3-12,14-20,22-23,28,32-33,35-38,46H,13,21,24-27H2,1-2H3/b14-6-/t28-,32+,33+,35-,36-,37+,38+,42-/m0/s1. The summed E-state index contributed by atoms with van der Waals surface area (Å²) in [6.07, 6.45) is 6.65. The summed E-state index contributed by atoms with van der Waals surface area (Å²) in [4.78, 5) is 62.8. The van der Waals surface area contributed by atoms with Crippen LogP contribution in [0.25, 0.3) is 0 Å². The van der Waals surface area contributed by atoms with Crippen LogP contribution in [0.2, 0.25) is 0 Å². The highest BCUT2D eigenvalue weighted by molar-refractivity contribution is 5.99. The number of nitrogens with zero attached hydrogens (tertiary/aromatic N) is 3. The van der Waals surface area contributed by atoms with E-state index in [0.717, 1.165) is 11.1 Å². The van der Waals surface area contributed by atoms with E-state index in [0.29, 0.717) is 18.4 Å². The lowest BCUT2D eigenvalue weighted by Gasteiger charge is -2.39. The average Bonchev–Trinajstić information content (AvgIpc) is 3.82. The molecule has 0 saturated carbocycles. The molecule has 5 bridgehead atoms. The fourth-order valence-electron chi connectivity index (χ4n) is 8.32. The number of allylic oxidation sites excluding steroid dienone is 1. The molecule has 4 aliphatic rings. The summed E-state index contributed by atoms with van der Waals surface area (Å²) in [6.45, 7) is 1.91. The summed E-state index contributed by atoms with van der Waals surface area (Å²) in [5.41, 5.74) is 1.04. The van der Waals surface area contributed by atoms with Gasteiger partial charge in [-0.3, -0.25) is 19.2 Å². The van der Waals surface area contributed by atoms with Crippen LogP contribution < -0.4 is 0 Å². The Bertz CT molecular complexity index is 1830. The van der Waals surface area contributed by atoms with Gasteiger partial charge in [0.25, 0.3) is 0 Å². The van der Waals surface area contributed by atoms with Gasteiger partial charge in [0.1, 0.15) is 23.7 Å². The summed E-state index contributed by atoms with van der Waals surface area (Å²) >= 11 is 0. The van der Waals surface area contributed by atoms with Crippen molar-refractivity contribution < 1.29 is 33.8 Å². The molecule has 4 heterocycles. The van der Waals surface area contributed by atoms with Crippen LogP contribution in [-0.4, -0.2) is 93.5 Å². The smallest absolute Gasteiger partial charge is 0.313 e. The van der Waals surface area contributed by atoms with Gasteiger partial charge in [-0.1, -0.05) is 115 Å². The third-order valence-electron chi connectivity index (χ3n) is 11.1. The lowest BCUT2D eigenvalue weighted by molar-refractivity contribution is -0.164. The number of benzene rings is 3. The number of esters is 1. The van der Waals surface area contributed by atoms with E-state index >= 15 is 4.79 Å². The van der Waals surface area contributed by atoms with Crippen LogP contribution in [0.3, 0.4) is 0 Å². The number of rotatable bonds is 7. The zero-order valence-corrected chi connectivity index (χ0v) is 29.5. The van der Waals surface area contributed by atoms with Gasteiger partial charge < -0.3 is 29.3 Å². The van der Waals surface area contributed by atoms with E-state index in [9.17, 15) is 19.5 Å². The third kappa shape index (κ3) is 6.45. The largest absolute Gasteiger partial charge is 0.455 e. The van der Waals surface area contributed by atoms with Crippen LogP contribution in [0.1, 0.15) is 42.6 Å². The molecule has 1 spiro atoms. The van der Waals surface area contributed by atoms with E-state index in [1.165, 1.54) is 4.90 Å². The van der Waals surface area contributed by atoms with Crippen molar-refractivity contribution in [2.24, 2.45) is 11.8 Å². The molecule has 2 saturated heterocycles. The maximum Gasteiger partial charge on any atom is 0.313 e.